The van der Waals surface area contributed by atoms with Gasteiger partial charge in [-0.1, -0.05) is 13.8 Å². The van der Waals surface area contributed by atoms with E-state index in [1.807, 2.05) is 18.7 Å². The second kappa shape index (κ2) is 6.38. The van der Waals surface area contributed by atoms with E-state index in [1.165, 1.54) is 6.42 Å². The fourth-order valence-electron chi connectivity index (χ4n) is 2.13. The molecule has 1 aliphatic carbocycles. The minimum Gasteiger partial charge on any atom is -0.480 e. The second-order valence-electron chi connectivity index (χ2n) is 4.05. The van der Waals surface area contributed by atoms with Gasteiger partial charge in [-0.2, -0.15) is 11.8 Å². The number of nitrogens with one attached hydrogen (secondary N) is 1. The van der Waals surface area contributed by atoms with Crippen molar-refractivity contribution in [1.29, 1.82) is 0 Å². The number of rotatable bonds is 6. The van der Waals surface area contributed by atoms with Crippen LogP contribution in [0.15, 0.2) is 0 Å². The molecule has 0 aromatic carbocycles. The molecule has 3 nitrogen and oxygen atoms in total. The first-order chi connectivity index (χ1) is 7.17. The van der Waals surface area contributed by atoms with Crippen molar-refractivity contribution in [2.75, 3.05) is 5.75 Å². The zero-order valence-electron chi connectivity index (χ0n) is 9.53. The van der Waals surface area contributed by atoms with Gasteiger partial charge < -0.3 is 10.4 Å². The van der Waals surface area contributed by atoms with E-state index in [2.05, 4.69) is 12.2 Å². The first-order valence-corrected chi connectivity index (χ1v) is 6.82. The molecule has 1 rings (SSSR count). The topological polar surface area (TPSA) is 49.3 Å². The number of aliphatic carboxylic acids is 1. The first kappa shape index (κ1) is 12.8. The lowest BCUT2D eigenvalue weighted by molar-refractivity contribution is -0.139. The molecule has 1 aliphatic rings. The van der Waals surface area contributed by atoms with Gasteiger partial charge in [0.1, 0.15) is 6.04 Å². The van der Waals surface area contributed by atoms with Crippen LogP contribution in [0.3, 0.4) is 0 Å². The highest BCUT2D eigenvalue weighted by Gasteiger charge is 2.27. The standard InChI is InChI=1S/C11H21NO2S/c1-3-10(11(13)14)12-8-5-6-9(7-8)15-4-2/h8-10,12H,3-7H2,1-2H3,(H,13,14). The van der Waals surface area contributed by atoms with E-state index in [1.54, 1.807) is 0 Å². The molecule has 2 N–H and O–H groups in total. The van der Waals surface area contributed by atoms with E-state index in [4.69, 9.17) is 5.11 Å². The van der Waals surface area contributed by atoms with E-state index in [0.29, 0.717) is 12.5 Å². The maximum Gasteiger partial charge on any atom is 0.320 e. The molecule has 0 spiro atoms. The molecule has 1 saturated carbocycles. The van der Waals surface area contributed by atoms with Crippen molar-refractivity contribution in [2.45, 2.75) is 56.9 Å². The van der Waals surface area contributed by atoms with Crippen LogP contribution in [0.5, 0.6) is 0 Å². The van der Waals surface area contributed by atoms with Crippen molar-refractivity contribution >= 4 is 17.7 Å². The number of carboxylic acids is 1. The molecule has 0 amide bonds. The molecule has 88 valence electrons. The molecule has 0 heterocycles. The average molecular weight is 231 g/mol. The van der Waals surface area contributed by atoms with Crippen molar-refractivity contribution in [3.8, 4) is 0 Å². The molecule has 1 fully saturated rings. The van der Waals surface area contributed by atoms with Crippen LogP contribution in [0, 0.1) is 0 Å². The van der Waals surface area contributed by atoms with E-state index >= 15 is 0 Å². The quantitative estimate of drug-likeness (QED) is 0.735. The summed E-state index contributed by atoms with van der Waals surface area (Å²) in [5, 5.41) is 12.9. The third-order valence-corrected chi connectivity index (χ3v) is 4.16. The summed E-state index contributed by atoms with van der Waals surface area (Å²) in [6, 6.07) is 0.0514. The summed E-state index contributed by atoms with van der Waals surface area (Å²) in [5.74, 6) is 0.442. The van der Waals surface area contributed by atoms with Crippen LogP contribution < -0.4 is 5.32 Å². The van der Waals surface area contributed by atoms with Crippen LogP contribution in [0.25, 0.3) is 0 Å². The van der Waals surface area contributed by atoms with Gasteiger partial charge in [-0.05, 0) is 31.4 Å². The largest absolute Gasteiger partial charge is 0.480 e. The predicted molar refractivity (Wildman–Crippen MR) is 64.4 cm³/mol. The molecular weight excluding hydrogens is 210 g/mol. The number of carboxylic acid groups (broad SMARTS) is 1. The van der Waals surface area contributed by atoms with Gasteiger partial charge in [0, 0.05) is 11.3 Å². The minimum atomic E-state index is -0.718. The van der Waals surface area contributed by atoms with Crippen molar-refractivity contribution in [2.24, 2.45) is 0 Å². The van der Waals surface area contributed by atoms with Gasteiger partial charge >= 0.3 is 5.97 Å². The molecule has 0 aromatic rings. The Morgan fingerprint density at radius 1 is 1.53 bits per heavy atom. The van der Waals surface area contributed by atoms with Crippen LogP contribution in [0.2, 0.25) is 0 Å². The molecule has 0 bridgehead atoms. The zero-order valence-corrected chi connectivity index (χ0v) is 10.3. The molecule has 4 heteroatoms. The molecule has 0 aromatic heterocycles. The number of hydrogen-bond donors (Lipinski definition) is 2. The van der Waals surface area contributed by atoms with E-state index in [0.717, 1.165) is 23.8 Å². The highest BCUT2D eigenvalue weighted by Crippen LogP contribution is 2.29. The third kappa shape index (κ3) is 4.03. The normalized spacial score (nSPS) is 27.9. The lowest BCUT2D eigenvalue weighted by Gasteiger charge is -2.18. The zero-order chi connectivity index (χ0) is 11.3. The smallest absolute Gasteiger partial charge is 0.320 e. The maximum absolute atomic E-state index is 10.9. The van der Waals surface area contributed by atoms with Crippen molar-refractivity contribution in [3.05, 3.63) is 0 Å². The van der Waals surface area contributed by atoms with Gasteiger partial charge in [0.25, 0.3) is 0 Å². The summed E-state index contributed by atoms with van der Waals surface area (Å²) in [7, 11) is 0. The minimum absolute atomic E-state index is 0.361. The fraction of sp³-hybridized carbons (Fsp3) is 0.909. The van der Waals surface area contributed by atoms with Crippen LogP contribution in [-0.4, -0.2) is 34.2 Å². The Morgan fingerprint density at radius 3 is 2.80 bits per heavy atom. The van der Waals surface area contributed by atoms with Gasteiger partial charge in [-0.15, -0.1) is 0 Å². The summed E-state index contributed by atoms with van der Waals surface area (Å²) in [4.78, 5) is 10.9. The Balaban J connectivity index is 2.31. The molecule has 3 atom stereocenters. The molecule has 15 heavy (non-hydrogen) atoms. The Labute approximate surface area is 96.0 Å². The van der Waals surface area contributed by atoms with Crippen LogP contribution in [0.1, 0.15) is 39.5 Å². The van der Waals surface area contributed by atoms with Gasteiger partial charge in [-0.3, -0.25) is 4.79 Å². The van der Waals surface area contributed by atoms with E-state index < -0.39 is 5.97 Å². The number of hydrogen-bond acceptors (Lipinski definition) is 3. The fourth-order valence-corrected chi connectivity index (χ4v) is 3.27. The van der Waals surface area contributed by atoms with Gasteiger partial charge in [0.2, 0.25) is 0 Å². The first-order valence-electron chi connectivity index (χ1n) is 5.77. The second-order valence-corrected chi connectivity index (χ2v) is 5.63. The number of carbonyl (C=O) groups is 1. The monoisotopic (exact) mass is 231 g/mol. The lowest BCUT2D eigenvalue weighted by Crippen LogP contribution is -2.41. The molecule has 0 saturated heterocycles. The summed E-state index contributed by atoms with van der Waals surface area (Å²) in [5.41, 5.74) is 0. The van der Waals surface area contributed by atoms with Crippen molar-refractivity contribution in [3.63, 3.8) is 0 Å². The summed E-state index contributed by atoms with van der Waals surface area (Å²) >= 11 is 2.00. The molecular formula is C11H21NO2S. The van der Waals surface area contributed by atoms with Crippen LogP contribution in [-0.2, 0) is 4.79 Å². The van der Waals surface area contributed by atoms with Crippen LogP contribution >= 0.6 is 11.8 Å². The van der Waals surface area contributed by atoms with Crippen molar-refractivity contribution < 1.29 is 9.90 Å². The Bertz CT molecular complexity index is 211. The van der Waals surface area contributed by atoms with E-state index in [-0.39, 0.29) is 6.04 Å². The summed E-state index contributed by atoms with van der Waals surface area (Å²) < 4.78 is 0. The van der Waals surface area contributed by atoms with E-state index in [9.17, 15) is 4.79 Å². The molecule has 0 radical (unpaired) electrons. The summed E-state index contributed by atoms with van der Waals surface area (Å²) in [6.07, 6.45) is 4.15. The molecule has 0 aliphatic heterocycles. The predicted octanol–water partition coefficient (Wildman–Crippen LogP) is 2.11. The van der Waals surface area contributed by atoms with Gasteiger partial charge in [-0.25, -0.2) is 0 Å². The Kier molecular flexibility index (Phi) is 5.47. The lowest BCUT2D eigenvalue weighted by atomic mass is 10.1. The SMILES string of the molecule is CCSC1CCC(NC(CC)C(=O)O)C1. The maximum atomic E-state index is 10.9. The highest BCUT2D eigenvalue weighted by atomic mass is 32.2. The van der Waals surface area contributed by atoms with Gasteiger partial charge in [0.05, 0.1) is 0 Å². The van der Waals surface area contributed by atoms with Crippen LogP contribution in [0.4, 0.5) is 0 Å². The van der Waals surface area contributed by atoms with Gasteiger partial charge in [0.15, 0.2) is 0 Å². The Morgan fingerprint density at radius 2 is 2.27 bits per heavy atom. The third-order valence-electron chi connectivity index (χ3n) is 2.93. The molecule has 3 unspecified atom stereocenters. The average Bonchev–Trinajstić information content (AvgIpc) is 2.62. The van der Waals surface area contributed by atoms with Crippen molar-refractivity contribution in [1.82, 2.24) is 5.32 Å². The highest BCUT2D eigenvalue weighted by molar-refractivity contribution is 7.99. The number of thioether (sulfide) groups is 1. The summed E-state index contributed by atoms with van der Waals surface area (Å²) in [6.45, 7) is 4.09. The Hall–Kier alpha value is -0.220.